The van der Waals surface area contributed by atoms with Crippen molar-refractivity contribution in [2.45, 2.75) is 19.9 Å². The van der Waals surface area contributed by atoms with Gasteiger partial charge in [-0.1, -0.05) is 6.92 Å². The molecule has 0 saturated heterocycles. The number of hydrogen-bond donors (Lipinski definition) is 1. The van der Waals surface area contributed by atoms with E-state index < -0.39 is 0 Å². The van der Waals surface area contributed by atoms with Crippen molar-refractivity contribution in [3.8, 4) is 0 Å². The van der Waals surface area contributed by atoms with Crippen LogP contribution in [-0.4, -0.2) is 29.1 Å². The molecule has 0 unspecified atom stereocenters. The Hall–Kier alpha value is -1.89. The van der Waals surface area contributed by atoms with Crippen LogP contribution < -0.4 is 0 Å². The van der Waals surface area contributed by atoms with Crippen LogP contribution in [0.1, 0.15) is 18.3 Å². The Balaban J connectivity index is 2.15. The topological polar surface area (TPSA) is 56.4 Å². The first kappa shape index (κ1) is 12.2. The minimum atomic E-state index is 0.655. The van der Waals surface area contributed by atoms with Crippen LogP contribution >= 0.6 is 12.2 Å². The van der Waals surface area contributed by atoms with Gasteiger partial charge in [0.2, 0.25) is 0 Å². The largest absolute Gasteiger partial charge is 0.328 e. The third kappa shape index (κ3) is 1.90. The Kier molecular flexibility index (Phi) is 2.78. The van der Waals surface area contributed by atoms with Crippen LogP contribution in [0.2, 0.25) is 0 Å². The highest BCUT2D eigenvalue weighted by molar-refractivity contribution is 7.71. The lowest BCUT2D eigenvalue weighted by Crippen LogP contribution is -2.05. The minimum absolute atomic E-state index is 0.655. The molecule has 0 fully saturated rings. The summed E-state index contributed by atoms with van der Waals surface area (Å²) in [6, 6.07) is 2.00. The van der Waals surface area contributed by atoms with E-state index in [4.69, 9.17) is 12.2 Å². The summed E-state index contributed by atoms with van der Waals surface area (Å²) in [6.45, 7) is 2.75. The first-order chi connectivity index (χ1) is 9.10. The molecule has 0 saturated carbocycles. The summed E-state index contributed by atoms with van der Waals surface area (Å²) in [6.07, 6.45) is 2.82. The molecule has 7 heteroatoms. The molecule has 3 heterocycles. The lowest BCUT2D eigenvalue weighted by Gasteiger charge is -2.02. The van der Waals surface area contributed by atoms with Crippen LogP contribution in [0.15, 0.2) is 12.3 Å². The molecule has 100 valence electrons. The summed E-state index contributed by atoms with van der Waals surface area (Å²) in [7, 11) is 3.85. The zero-order valence-electron chi connectivity index (χ0n) is 11.2. The van der Waals surface area contributed by atoms with Gasteiger partial charge in [0.15, 0.2) is 10.4 Å². The van der Waals surface area contributed by atoms with Crippen molar-refractivity contribution in [2.75, 3.05) is 0 Å². The fourth-order valence-corrected chi connectivity index (χ4v) is 2.63. The Morgan fingerprint density at radius 1 is 1.32 bits per heavy atom. The molecule has 3 aromatic rings. The Morgan fingerprint density at radius 2 is 2.11 bits per heavy atom. The zero-order chi connectivity index (χ0) is 13.6. The molecule has 1 N–H and O–H groups in total. The summed E-state index contributed by atoms with van der Waals surface area (Å²) >= 11 is 5.41. The van der Waals surface area contributed by atoms with Crippen LogP contribution in [0.4, 0.5) is 0 Å². The number of aryl methyl sites for hydroxylation is 3. The molecule has 0 aromatic carbocycles. The fraction of sp³-hybridized carbons (Fsp3) is 0.417. The average Bonchev–Trinajstić information content (AvgIpc) is 3.00. The van der Waals surface area contributed by atoms with Gasteiger partial charge in [0.05, 0.1) is 17.9 Å². The van der Waals surface area contributed by atoms with E-state index in [2.05, 4.69) is 22.1 Å². The van der Waals surface area contributed by atoms with Crippen molar-refractivity contribution in [3.63, 3.8) is 0 Å². The number of rotatable bonds is 3. The van der Waals surface area contributed by atoms with E-state index in [0.717, 1.165) is 29.0 Å². The summed E-state index contributed by atoms with van der Waals surface area (Å²) in [4.78, 5) is 3.25. The molecular formula is C12H16N6S. The van der Waals surface area contributed by atoms with Crippen LogP contribution in [0.25, 0.3) is 11.2 Å². The highest BCUT2D eigenvalue weighted by atomic mass is 32.1. The minimum Gasteiger partial charge on any atom is -0.328 e. The number of aromatic nitrogens is 6. The first-order valence-electron chi connectivity index (χ1n) is 6.23. The van der Waals surface area contributed by atoms with E-state index in [0.29, 0.717) is 11.3 Å². The maximum Gasteiger partial charge on any atom is 0.179 e. The second kappa shape index (κ2) is 4.34. The smallest absolute Gasteiger partial charge is 0.179 e. The Labute approximate surface area is 115 Å². The number of aromatic amines is 1. The second-order valence-corrected chi connectivity index (χ2v) is 5.01. The van der Waals surface area contributed by atoms with Crippen molar-refractivity contribution in [1.82, 2.24) is 29.1 Å². The summed E-state index contributed by atoms with van der Waals surface area (Å²) in [5.41, 5.74) is 4.08. The van der Waals surface area contributed by atoms with E-state index in [-0.39, 0.29) is 0 Å². The first-order valence-corrected chi connectivity index (χ1v) is 6.64. The van der Waals surface area contributed by atoms with Crippen LogP contribution in [-0.2, 0) is 27.1 Å². The quantitative estimate of drug-likeness (QED) is 0.742. The molecule has 3 aromatic heterocycles. The third-order valence-corrected chi connectivity index (χ3v) is 3.57. The summed E-state index contributed by atoms with van der Waals surface area (Å²) in [5, 5.41) is 8.91. The average molecular weight is 276 g/mol. The van der Waals surface area contributed by atoms with Gasteiger partial charge in [-0.3, -0.25) is 13.9 Å². The summed E-state index contributed by atoms with van der Waals surface area (Å²) in [5.74, 6) is 0. The molecule has 0 amide bonds. The Morgan fingerprint density at radius 3 is 2.74 bits per heavy atom. The van der Waals surface area contributed by atoms with Crippen LogP contribution in [0.3, 0.4) is 0 Å². The van der Waals surface area contributed by atoms with E-state index in [9.17, 15) is 0 Å². The van der Waals surface area contributed by atoms with Gasteiger partial charge in [0, 0.05) is 20.3 Å². The normalized spacial score (nSPS) is 11.5. The predicted octanol–water partition coefficient (Wildman–Crippen LogP) is 1.78. The summed E-state index contributed by atoms with van der Waals surface area (Å²) < 4.78 is 6.43. The van der Waals surface area contributed by atoms with E-state index in [1.54, 1.807) is 4.68 Å². The lowest BCUT2D eigenvalue weighted by atomic mass is 10.3. The predicted molar refractivity (Wildman–Crippen MR) is 75.6 cm³/mol. The van der Waals surface area contributed by atoms with Gasteiger partial charge >= 0.3 is 0 Å². The second-order valence-electron chi connectivity index (χ2n) is 4.62. The number of H-pyrrole nitrogens is 1. The van der Waals surface area contributed by atoms with Crippen LogP contribution in [0.5, 0.6) is 0 Å². The standard InChI is InChI=1S/C12H16N6S/c1-4-9-10-11(17(3)15-9)18(12(19)13-10)7-8-5-6-16(2)14-8/h5-6H,4,7H2,1-3H3,(H,13,19). The van der Waals surface area contributed by atoms with Gasteiger partial charge < -0.3 is 4.98 Å². The van der Waals surface area contributed by atoms with Gasteiger partial charge in [-0.25, -0.2) is 0 Å². The van der Waals surface area contributed by atoms with Gasteiger partial charge in [-0.15, -0.1) is 0 Å². The molecule has 0 aliphatic rings. The van der Waals surface area contributed by atoms with E-state index in [1.165, 1.54) is 0 Å². The molecule has 0 aliphatic heterocycles. The molecular weight excluding hydrogens is 260 g/mol. The SMILES string of the molecule is CCc1nn(C)c2c1[nH]c(=S)n2Cc1ccn(C)n1. The lowest BCUT2D eigenvalue weighted by molar-refractivity contribution is 0.681. The highest BCUT2D eigenvalue weighted by Gasteiger charge is 2.14. The van der Waals surface area contributed by atoms with Gasteiger partial charge in [-0.05, 0) is 24.7 Å². The molecule has 0 radical (unpaired) electrons. The van der Waals surface area contributed by atoms with Gasteiger partial charge in [-0.2, -0.15) is 10.2 Å². The third-order valence-electron chi connectivity index (χ3n) is 3.25. The molecule has 0 aliphatic carbocycles. The molecule has 0 bridgehead atoms. The van der Waals surface area contributed by atoms with Crippen molar-refractivity contribution >= 4 is 23.4 Å². The number of nitrogens with one attached hydrogen (secondary N) is 1. The maximum absolute atomic E-state index is 5.41. The monoisotopic (exact) mass is 276 g/mol. The molecule has 3 rings (SSSR count). The highest BCUT2D eigenvalue weighted by Crippen LogP contribution is 2.19. The fourth-order valence-electron chi connectivity index (χ4n) is 2.38. The van der Waals surface area contributed by atoms with Crippen molar-refractivity contribution < 1.29 is 0 Å². The van der Waals surface area contributed by atoms with Gasteiger partial charge in [0.1, 0.15) is 5.52 Å². The molecule has 0 spiro atoms. The maximum atomic E-state index is 5.41. The van der Waals surface area contributed by atoms with Gasteiger partial charge in [0.25, 0.3) is 0 Å². The number of nitrogens with zero attached hydrogens (tertiary/aromatic N) is 5. The number of fused-ring (bicyclic) bond motifs is 1. The zero-order valence-corrected chi connectivity index (χ0v) is 12.0. The Bertz CT molecular complexity index is 787. The van der Waals surface area contributed by atoms with Crippen LogP contribution in [0, 0.1) is 4.77 Å². The molecule has 0 atom stereocenters. The van der Waals surface area contributed by atoms with Crippen molar-refractivity contribution in [1.29, 1.82) is 0 Å². The molecule has 6 nitrogen and oxygen atoms in total. The number of hydrogen-bond acceptors (Lipinski definition) is 3. The number of imidazole rings is 1. The van der Waals surface area contributed by atoms with E-state index in [1.807, 2.05) is 35.6 Å². The molecule has 19 heavy (non-hydrogen) atoms. The van der Waals surface area contributed by atoms with Crippen molar-refractivity contribution in [2.24, 2.45) is 14.1 Å². The van der Waals surface area contributed by atoms with Crippen molar-refractivity contribution in [3.05, 3.63) is 28.4 Å². The van der Waals surface area contributed by atoms with E-state index >= 15 is 0 Å².